The molecule has 1 aromatic rings. The molecule has 6 nitrogen and oxygen atoms in total. The number of rotatable bonds is 6. The molecule has 35 heavy (non-hydrogen) atoms. The van der Waals surface area contributed by atoms with Gasteiger partial charge in [0.15, 0.2) is 5.69 Å². The molecule has 1 heterocycles. The molecule has 0 spiro atoms. The van der Waals surface area contributed by atoms with Crippen molar-refractivity contribution in [3.05, 3.63) is 17.0 Å². The Morgan fingerprint density at radius 3 is 2.34 bits per heavy atom. The lowest BCUT2D eigenvalue weighted by molar-refractivity contribution is -0.148. The van der Waals surface area contributed by atoms with Gasteiger partial charge in [-0.3, -0.25) is 14.3 Å². The topological polar surface area (TPSA) is 73.2 Å². The summed E-state index contributed by atoms with van der Waals surface area (Å²) in [6.07, 6.45) is 16.3. The Labute approximate surface area is 209 Å². The highest BCUT2D eigenvalue weighted by Crippen LogP contribution is 2.61. The van der Waals surface area contributed by atoms with Crippen LogP contribution in [0.5, 0.6) is 0 Å². The van der Waals surface area contributed by atoms with Crippen LogP contribution in [0.2, 0.25) is 0 Å². The van der Waals surface area contributed by atoms with E-state index in [0.717, 1.165) is 49.0 Å². The lowest BCUT2D eigenvalue weighted by Crippen LogP contribution is -2.55. The normalized spacial score (nSPS) is 34.9. The van der Waals surface area contributed by atoms with Crippen LogP contribution in [0.3, 0.4) is 0 Å². The summed E-state index contributed by atoms with van der Waals surface area (Å²) in [5, 5.41) is 8.46. The first-order valence-electron chi connectivity index (χ1n) is 14.5. The van der Waals surface area contributed by atoms with Crippen LogP contribution < -0.4 is 5.32 Å². The molecule has 0 aromatic carbocycles. The molecule has 5 fully saturated rings. The lowest BCUT2D eigenvalue weighted by atomic mass is 9.48. The van der Waals surface area contributed by atoms with E-state index in [1.807, 2.05) is 6.92 Å². The third-order valence-electron chi connectivity index (χ3n) is 10.4. The van der Waals surface area contributed by atoms with E-state index >= 15 is 0 Å². The second kappa shape index (κ2) is 9.23. The first-order chi connectivity index (χ1) is 17.0. The standard InChI is InChI=1S/C29H43N3O3/c1-3-35-28(34)22-9-10-25-24(14-22)26(31-32(25)23-7-5-4-6-8-23)27(33)30-18(2)29-15-19-11-20(16-29)13-21(12-19)17-29/h18-23H,3-17H2,1-2H3,(H,30,33)/t18?,19?,20?,21?,22-,29?/m0/s1. The first kappa shape index (κ1) is 23.5. The number of amides is 1. The lowest BCUT2D eigenvalue weighted by Gasteiger charge is -2.59. The summed E-state index contributed by atoms with van der Waals surface area (Å²) in [5.74, 6) is 2.27. The molecule has 4 bridgehead atoms. The number of carbonyl (C=O) groups is 2. The summed E-state index contributed by atoms with van der Waals surface area (Å²) in [4.78, 5) is 26.4. The van der Waals surface area contributed by atoms with Crippen LogP contribution in [-0.2, 0) is 22.4 Å². The van der Waals surface area contributed by atoms with Crippen molar-refractivity contribution in [3.63, 3.8) is 0 Å². The van der Waals surface area contributed by atoms with Gasteiger partial charge in [0.2, 0.25) is 0 Å². The summed E-state index contributed by atoms with van der Waals surface area (Å²) in [6, 6.07) is 0.557. The van der Waals surface area contributed by atoms with Crippen molar-refractivity contribution < 1.29 is 14.3 Å². The zero-order chi connectivity index (χ0) is 24.2. The molecule has 1 N–H and O–H groups in total. The fourth-order valence-corrected chi connectivity index (χ4v) is 9.04. The van der Waals surface area contributed by atoms with Gasteiger partial charge in [0.25, 0.3) is 5.91 Å². The van der Waals surface area contributed by atoms with E-state index in [1.165, 1.54) is 63.5 Å². The molecule has 0 saturated heterocycles. The van der Waals surface area contributed by atoms with Crippen molar-refractivity contribution in [1.29, 1.82) is 0 Å². The van der Waals surface area contributed by atoms with Gasteiger partial charge in [-0.1, -0.05) is 19.3 Å². The van der Waals surface area contributed by atoms with E-state index in [0.29, 0.717) is 24.8 Å². The van der Waals surface area contributed by atoms with Gasteiger partial charge < -0.3 is 10.1 Å². The minimum atomic E-state index is -0.168. The molecular formula is C29H43N3O3. The van der Waals surface area contributed by atoms with E-state index < -0.39 is 0 Å². The minimum absolute atomic E-state index is 0.0245. The Morgan fingerprint density at radius 1 is 1.06 bits per heavy atom. The highest BCUT2D eigenvalue weighted by atomic mass is 16.5. The largest absolute Gasteiger partial charge is 0.466 e. The van der Waals surface area contributed by atoms with Crippen molar-refractivity contribution in [2.45, 2.75) is 116 Å². The van der Waals surface area contributed by atoms with Gasteiger partial charge in [0.1, 0.15) is 0 Å². The maximum absolute atomic E-state index is 13.8. The average Bonchev–Trinajstić information content (AvgIpc) is 3.23. The summed E-state index contributed by atoms with van der Waals surface area (Å²) < 4.78 is 7.55. The molecular weight excluding hydrogens is 438 g/mol. The van der Waals surface area contributed by atoms with Gasteiger partial charge in [-0.05, 0) is 108 Å². The molecule has 1 amide bonds. The van der Waals surface area contributed by atoms with Crippen molar-refractivity contribution >= 4 is 11.9 Å². The van der Waals surface area contributed by atoms with Crippen LogP contribution in [0.1, 0.15) is 119 Å². The number of carbonyl (C=O) groups excluding carboxylic acids is 2. The van der Waals surface area contributed by atoms with Crippen LogP contribution >= 0.6 is 0 Å². The Kier molecular flexibility index (Phi) is 6.21. The van der Waals surface area contributed by atoms with Crippen LogP contribution in [0.25, 0.3) is 0 Å². The van der Waals surface area contributed by atoms with Crippen LogP contribution in [-0.4, -0.2) is 34.3 Å². The highest BCUT2D eigenvalue weighted by molar-refractivity contribution is 5.94. The molecule has 1 aromatic heterocycles. The quantitative estimate of drug-likeness (QED) is 0.553. The number of esters is 1. The van der Waals surface area contributed by atoms with E-state index in [2.05, 4.69) is 16.9 Å². The average molecular weight is 482 g/mol. The second-order valence-corrected chi connectivity index (χ2v) is 12.7. The number of nitrogens with one attached hydrogen (secondary N) is 1. The van der Waals surface area contributed by atoms with Crippen molar-refractivity contribution in [2.75, 3.05) is 6.61 Å². The van der Waals surface area contributed by atoms with Gasteiger partial charge in [-0.15, -0.1) is 0 Å². The van der Waals surface area contributed by atoms with Crippen molar-refractivity contribution in [3.8, 4) is 0 Å². The van der Waals surface area contributed by atoms with E-state index in [1.54, 1.807) is 0 Å². The Morgan fingerprint density at radius 2 is 1.71 bits per heavy atom. The number of aromatic nitrogens is 2. The predicted molar refractivity (Wildman–Crippen MR) is 134 cm³/mol. The van der Waals surface area contributed by atoms with Gasteiger partial charge in [-0.25, -0.2) is 0 Å². The number of hydrogen-bond acceptors (Lipinski definition) is 4. The molecule has 7 rings (SSSR count). The Balaban J connectivity index is 1.26. The van der Waals surface area contributed by atoms with Gasteiger partial charge in [-0.2, -0.15) is 5.10 Å². The molecule has 1 unspecified atom stereocenters. The van der Waals surface area contributed by atoms with E-state index in [4.69, 9.17) is 9.84 Å². The first-order valence-corrected chi connectivity index (χ1v) is 14.5. The predicted octanol–water partition coefficient (Wildman–Crippen LogP) is 5.39. The molecule has 5 saturated carbocycles. The van der Waals surface area contributed by atoms with Crippen LogP contribution in [0.4, 0.5) is 0 Å². The molecule has 0 aliphatic heterocycles. The second-order valence-electron chi connectivity index (χ2n) is 12.7. The summed E-state index contributed by atoms with van der Waals surface area (Å²) in [7, 11) is 0. The third kappa shape index (κ3) is 4.23. The SMILES string of the molecule is CCOC(=O)[C@H]1CCc2c(c(C(=O)NC(C)C34CC5CC(CC(C5)C3)C4)nn2C2CCCCC2)C1. The maximum atomic E-state index is 13.8. The zero-order valence-electron chi connectivity index (χ0n) is 21.7. The van der Waals surface area contributed by atoms with Gasteiger partial charge in [0.05, 0.1) is 18.6 Å². The number of ether oxygens (including phenoxy) is 1. The number of hydrogen-bond donors (Lipinski definition) is 1. The molecule has 6 aliphatic carbocycles. The summed E-state index contributed by atoms with van der Waals surface area (Å²) in [6.45, 7) is 4.51. The molecule has 2 atom stereocenters. The van der Waals surface area contributed by atoms with Crippen LogP contribution in [0, 0.1) is 29.1 Å². The van der Waals surface area contributed by atoms with E-state index in [9.17, 15) is 9.59 Å². The summed E-state index contributed by atoms with van der Waals surface area (Å²) >= 11 is 0. The smallest absolute Gasteiger partial charge is 0.309 e. The summed E-state index contributed by atoms with van der Waals surface area (Å²) in [5.41, 5.74) is 3.06. The van der Waals surface area contributed by atoms with Crippen molar-refractivity contribution in [1.82, 2.24) is 15.1 Å². The monoisotopic (exact) mass is 481 g/mol. The van der Waals surface area contributed by atoms with Crippen molar-refractivity contribution in [2.24, 2.45) is 29.1 Å². The Hall–Kier alpha value is -1.85. The zero-order valence-corrected chi connectivity index (χ0v) is 21.7. The maximum Gasteiger partial charge on any atom is 0.309 e. The van der Waals surface area contributed by atoms with Gasteiger partial charge >= 0.3 is 5.97 Å². The third-order valence-corrected chi connectivity index (χ3v) is 10.4. The molecule has 192 valence electrons. The number of fused-ring (bicyclic) bond motifs is 1. The fraction of sp³-hybridized carbons (Fsp3) is 0.828. The minimum Gasteiger partial charge on any atom is -0.466 e. The molecule has 6 aliphatic rings. The Bertz CT molecular complexity index is 941. The highest BCUT2D eigenvalue weighted by Gasteiger charge is 2.53. The number of nitrogens with zero attached hydrogens (tertiary/aromatic N) is 2. The molecule has 0 radical (unpaired) electrons. The van der Waals surface area contributed by atoms with Crippen LogP contribution in [0.15, 0.2) is 0 Å². The van der Waals surface area contributed by atoms with Gasteiger partial charge in [0, 0.05) is 17.3 Å². The fourth-order valence-electron chi connectivity index (χ4n) is 9.04. The molecule has 6 heteroatoms. The van der Waals surface area contributed by atoms with E-state index in [-0.39, 0.29) is 29.3 Å².